The van der Waals surface area contributed by atoms with Crippen molar-refractivity contribution in [3.8, 4) is 0 Å². The van der Waals surface area contributed by atoms with Crippen LogP contribution in [-0.2, 0) is 14.8 Å². The summed E-state index contributed by atoms with van der Waals surface area (Å²) < 4.78 is 60.8. The first-order chi connectivity index (χ1) is 11.7. The zero-order valence-electron chi connectivity index (χ0n) is 14.3. The minimum absolute atomic E-state index is 0.0973. The zero-order chi connectivity index (χ0) is 18.0. The van der Waals surface area contributed by atoms with Gasteiger partial charge in [0, 0.05) is 31.5 Å². The molecule has 1 aromatic carbocycles. The van der Waals surface area contributed by atoms with Gasteiger partial charge in [0.1, 0.15) is 16.5 Å². The molecule has 3 aliphatic rings. The molecule has 4 atom stereocenters. The third kappa shape index (κ3) is 2.61. The summed E-state index contributed by atoms with van der Waals surface area (Å²) >= 11 is 0. The van der Waals surface area contributed by atoms with E-state index in [1.807, 2.05) is 14.1 Å². The van der Waals surface area contributed by atoms with Crippen LogP contribution in [0.3, 0.4) is 0 Å². The Morgan fingerprint density at radius 2 is 2.12 bits per heavy atom. The monoisotopic (exact) mass is 372 g/mol. The smallest absolute Gasteiger partial charge is 0.246 e. The second-order valence-electron chi connectivity index (χ2n) is 7.66. The molecule has 0 radical (unpaired) electrons. The molecule has 0 amide bonds. The average molecular weight is 372 g/mol. The molecular formula is C17H22F2N2O3S. The van der Waals surface area contributed by atoms with Crippen molar-refractivity contribution in [1.82, 2.24) is 9.21 Å². The Kier molecular flexibility index (Phi) is 3.95. The summed E-state index contributed by atoms with van der Waals surface area (Å²) in [4.78, 5) is 1.49. The molecule has 25 heavy (non-hydrogen) atoms. The predicted octanol–water partition coefficient (Wildman–Crippen LogP) is 1.69. The van der Waals surface area contributed by atoms with Gasteiger partial charge in [-0.25, -0.2) is 17.2 Å². The first-order valence-corrected chi connectivity index (χ1v) is 9.95. The maximum absolute atomic E-state index is 14.0. The molecule has 5 nitrogen and oxygen atoms in total. The maximum Gasteiger partial charge on any atom is 0.246 e. The van der Waals surface area contributed by atoms with E-state index >= 15 is 0 Å². The molecule has 2 bridgehead atoms. The van der Waals surface area contributed by atoms with Gasteiger partial charge < -0.3 is 9.64 Å². The number of halogens is 2. The van der Waals surface area contributed by atoms with Crippen molar-refractivity contribution >= 4 is 10.0 Å². The Hall–Kier alpha value is -1.09. The highest BCUT2D eigenvalue weighted by Gasteiger charge is 2.64. The summed E-state index contributed by atoms with van der Waals surface area (Å²) in [5, 5.41) is 0. The van der Waals surface area contributed by atoms with Crippen molar-refractivity contribution in [3.63, 3.8) is 0 Å². The van der Waals surface area contributed by atoms with Gasteiger partial charge in [-0.3, -0.25) is 0 Å². The van der Waals surface area contributed by atoms with Crippen molar-refractivity contribution in [3.05, 3.63) is 29.8 Å². The fourth-order valence-electron chi connectivity index (χ4n) is 4.81. The van der Waals surface area contributed by atoms with E-state index in [-0.39, 0.29) is 24.5 Å². The minimum atomic E-state index is -4.09. The van der Waals surface area contributed by atoms with Crippen molar-refractivity contribution < 1.29 is 21.9 Å². The van der Waals surface area contributed by atoms with E-state index < -0.39 is 32.2 Å². The van der Waals surface area contributed by atoms with E-state index in [2.05, 4.69) is 4.90 Å². The fourth-order valence-corrected chi connectivity index (χ4v) is 6.41. The molecule has 4 rings (SSSR count). The lowest BCUT2D eigenvalue weighted by molar-refractivity contribution is 0.00738. The van der Waals surface area contributed by atoms with Crippen LogP contribution in [0.4, 0.5) is 8.78 Å². The Balaban J connectivity index is 1.65. The van der Waals surface area contributed by atoms with Gasteiger partial charge in [-0.1, -0.05) is 0 Å². The van der Waals surface area contributed by atoms with Crippen LogP contribution >= 0.6 is 0 Å². The number of rotatable bonds is 4. The van der Waals surface area contributed by atoms with Gasteiger partial charge in [0.2, 0.25) is 10.0 Å². The molecule has 0 N–H and O–H groups in total. The van der Waals surface area contributed by atoms with Crippen LogP contribution in [0.15, 0.2) is 23.1 Å². The van der Waals surface area contributed by atoms with E-state index in [1.165, 1.54) is 4.31 Å². The summed E-state index contributed by atoms with van der Waals surface area (Å²) in [5.41, 5.74) is -0.470. The second kappa shape index (κ2) is 5.70. The van der Waals surface area contributed by atoms with Crippen LogP contribution in [-0.4, -0.2) is 63.1 Å². The third-order valence-electron chi connectivity index (χ3n) is 5.84. The molecule has 8 heteroatoms. The number of hydrogen-bond acceptors (Lipinski definition) is 4. The summed E-state index contributed by atoms with van der Waals surface area (Å²) in [7, 11) is -0.110. The SMILES string of the molecule is CN(C)C[C@H]1[C@H]2CN(S(=O)(=O)c3cc(F)ccc3F)C[C@]23CC[C@H]1O3. The van der Waals surface area contributed by atoms with Gasteiger partial charge in [-0.15, -0.1) is 0 Å². The molecule has 1 spiro atoms. The second-order valence-corrected chi connectivity index (χ2v) is 9.57. The number of sulfonamides is 1. The number of benzene rings is 1. The molecule has 3 heterocycles. The van der Waals surface area contributed by atoms with Crippen LogP contribution in [0.25, 0.3) is 0 Å². The zero-order valence-corrected chi connectivity index (χ0v) is 15.1. The highest BCUT2D eigenvalue weighted by Crippen LogP contribution is 2.55. The Morgan fingerprint density at radius 3 is 2.84 bits per heavy atom. The summed E-state index contributed by atoms with van der Waals surface area (Å²) in [6, 6.07) is 2.53. The topological polar surface area (TPSA) is 49.9 Å². The van der Waals surface area contributed by atoms with E-state index in [0.29, 0.717) is 6.54 Å². The van der Waals surface area contributed by atoms with Crippen LogP contribution < -0.4 is 0 Å². The first kappa shape index (κ1) is 17.3. The lowest BCUT2D eigenvalue weighted by Gasteiger charge is -2.31. The summed E-state index contributed by atoms with van der Waals surface area (Å²) in [6.45, 7) is 1.35. The van der Waals surface area contributed by atoms with Crippen LogP contribution in [0.1, 0.15) is 12.8 Å². The Labute approximate surface area is 146 Å². The number of fused-ring (bicyclic) bond motifs is 1. The van der Waals surface area contributed by atoms with Crippen LogP contribution in [0.2, 0.25) is 0 Å². The van der Waals surface area contributed by atoms with Crippen LogP contribution in [0, 0.1) is 23.5 Å². The Bertz CT molecular complexity index is 801. The van der Waals surface area contributed by atoms with Gasteiger partial charge in [-0.05, 0) is 45.1 Å². The quantitative estimate of drug-likeness (QED) is 0.807. The molecule has 3 aliphatic heterocycles. The maximum atomic E-state index is 14.0. The predicted molar refractivity (Wildman–Crippen MR) is 87.5 cm³/mol. The van der Waals surface area contributed by atoms with Crippen molar-refractivity contribution in [2.24, 2.45) is 11.8 Å². The third-order valence-corrected chi connectivity index (χ3v) is 7.67. The highest BCUT2D eigenvalue weighted by molar-refractivity contribution is 7.89. The van der Waals surface area contributed by atoms with E-state index in [4.69, 9.17) is 4.74 Å². The lowest BCUT2D eigenvalue weighted by atomic mass is 9.73. The Morgan fingerprint density at radius 1 is 1.36 bits per heavy atom. The molecule has 3 saturated heterocycles. The van der Waals surface area contributed by atoms with Crippen molar-refractivity contribution in [2.45, 2.75) is 29.4 Å². The van der Waals surface area contributed by atoms with Gasteiger partial charge in [0.05, 0.1) is 11.7 Å². The molecule has 0 aromatic heterocycles. The van der Waals surface area contributed by atoms with E-state index in [1.54, 1.807) is 0 Å². The number of hydrogen-bond donors (Lipinski definition) is 0. The lowest BCUT2D eigenvalue weighted by Crippen LogP contribution is -2.40. The molecule has 0 saturated carbocycles. The molecule has 138 valence electrons. The first-order valence-electron chi connectivity index (χ1n) is 8.51. The highest BCUT2D eigenvalue weighted by atomic mass is 32.2. The van der Waals surface area contributed by atoms with Gasteiger partial charge in [-0.2, -0.15) is 4.31 Å². The van der Waals surface area contributed by atoms with E-state index in [9.17, 15) is 17.2 Å². The van der Waals surface area contributed by atoms with Gasteiger partial charge in [0.15, 0.2) is 0 Å². The fraction of sp³-hybridized carbons (Fsp3) is 0.647. The molecule has 3 fully saturated rings. The van der Waals surface area contributed by atoms with Crippen molar-refractivity contribution in [2.75, 3.05) is 33.7 Å². The number of nitrogens with zero attached hydrogens (tertiary/aromatic N) is 2. The largest absolute Gasteiger partial charge is 0.370 e. The normalized spacial score (nSPS) is 34.8. The summed E-state index contributed by atoms with van der Waals surface area (Å²) in [5.74, 6) is -1.33. The van der Waals surface area contributed by atoms with Gasteiger partial charge >= 0.3 is 0 Å². The van der Waals surface area contributed by atoms with Gasteiger partial charge in [0.25, 0.3) is 0 Å². The molecule has 0 unspecified atom stereocenters. The molecular weight excluding hydrogens is 350 g/mol. The summed E-state index contributed by atoms with van der Waals surface area (Å²) in [6.07, 6.45) is 1.92. The molecule has 0 aliphatic carbocycles. The minimum Gasteiger partial charge on any atom is -0.370 e. The van der Waals surface area contributed by atoms with Crippen LogP contribution in [0.5, 0.6) is 0 Å². The average Bonchev–Trinajstić information content (AvgIpc) is 3.19. The van der Waals surface area contributed by atoms with E-state index in [0.717, 1.165) is 37.6 Å². The van der Waals surface area contributed by atoms with Crippen molar-refractivity contribution in [1.29, 1.82) is 0 Å². The number of ether oxygens (including phenoxy) is 1. The molecule has 1 aromatic rings. The standard InChI is InChI=1S/C17H22F2N2O3S/c1-20(2)8-12-13-9-21(10-17(13)6-5-15(12)24-17)25(22,23)16-7-11(18)3-4-14(16)19/h3-4,7,12-13,15H,5-6,8-10H2,1-2H3/t12-,13+,15+,17+/m0/s1.